The molecule has 0 saturated heterocycles. The van der Waals surface area contributed by atoms with Gasteiger partial charge in [-0.2, -0.15) is 4.98 Å². The number of hydrogen-bond acceptors (Lipinski definition) is 6. The first-order valence-electron chi connectivity index (χ1n) is 9.07. The van der Waals surface area contributed by atoms with Crippen molar-refractivity contribution in [2.24, 2.45) is 5.14 Å². The van der Waals surface area contributed by atoms with Gasteiger partial charge in [0.25, 0.3) is 0 Å². The number of sulfonamides is 1. The summed E-state index contributed by atoms with van der Waals surface area (Å²) in [6.45, 7) is 5.15. The van der Waals surface area contributed by atoms with Crippen LogP contribution in [0.3, 0.4) is 0 Å². The molecule has 0 unspecified atom stereocenters. The number of primary sulfonamides is 1. The van der Waals surface area contributed by atoms with E-state index in [1.807, 2.05) is 0 Å². The van der Waals surface area contributed by atoms with Crippen molar-refractivity contribution >= 4 is 21.6 Å². The van der Waals surface area contributed by atoms with Crippen LogP contribution in [0.15, 0.2) is 39.8 Å². The number of aryl methyl sites for hydroxylation is 3. The molecule has 3 N–H and O–H groups in total. The van der Waals surface area contributed by atoms with E-state index in [9.17, 15) is 17.6 Å². The molecule has 3 rings (SSSR count). The third kappa shape index (κ3) is 4.89. The Balaban J connectivity index is 1.68. The Morgan fingerprint density at radius 2 is 1.90 bits per heavy atom. The summed E-state index contributed by atoms with van der Waals surface area (Å²) in [5.41, 5.74) is 2.77. The van der Waals surface area contributed by atoms with Gasteiger partial charge in [-0.05, 0) is 55.7 Å². The van der Waals surface area contributed by atoms with Crippen LogP contribution in [0.1, 0.15) is 29.0 Å². The van der Waals surface area contributed by atoms with Crippen LogP contribution in [0, 0.1) is 26.6 Å². The summed E-state index contributed by atoms with van der Waals surface area (Å²) >= 11 is 0. The average molecular weight is 432 g/mol. The van der Waals surface area contributed by atoms with Gasteiger partial charge < -0.3 is 9.84 Å². The highest BCUT2D eigenvalue weighted by Gasteiger charge is 2.16. The number of carbonyl (C=O) groups is 1. The maximum absolute atomic E-state index is 13.7. The zero-order valence-corrected chi connectivity index (χ0v) is 17.5. The molecule has 0 spiro atoms. The van der Waals surface area contributed by atoms with Gasteiger partial charge >= 0.3 is 0 Å². The monoisotopic (exact) mass is 432 g/mol. The molecule has 2 aromatic carbocycles. The normalized spacial score (nSPS) is 11.5. The molecule has 0 aliphatic carbocycles. The number of hydrogen-bond donors (Lipinski definition) is 2. The molecule has 0 aliphatic heterocycles. The van der Waals surface area contributed by atoms with Crippen LogP contribution < -0.4 is 10.5 Å². The van der Waals surface area contributed by atoms with Crippen LogP contribution in [0.2, 0.25) is 0 Å². The molecule has 0 saturated carbocycles. The molecule has 1 heterocycles. The van der Waals surface area contributed by atoms with Gasteiger partial charge in [-0.15, -0.1) is 0 Å². The minimum absolute atomic E-state index is 0.0297. The van der Waals surface area contributed by atoms with Crippen molar-refractivity contribution in [3.8, 4) is 11.4 Å². The smallest absolute Gasteiger partial charge is 0.238 e. The maximum Gasteiger partial charge on any atom is 0.238 e. The Morgan fingerprint density at radius 1 is 1.17 bits per heavy atom. The lowest BCUT2D eigenvalue weighted by Gasteiger charge is -2.12. The van der Waals surface area contributed by atoms with E-state index in [1.165, 1.54) is 18.2 Å². The molecule has 30 heavy (non-hydrogen) atoms. The number of anilines is 1. The zero-order chi connectivity index (χ0) is 22.1. The topological polar surface area (TPSA) is 128 Å². The Morgan fingerprint density at radius 3 is 2.57 bits per heavy atom. The number of amides is 1. The van der Waals surface area contributed by atoms with Crippen molar-refractivity contribution in [3.05, 3.63) is 58.7 Å². The van der Waals surface area contributed by atoms with E-state index in [0.29, 0.717) is 22.4 Å². The Bertz CT molecular complexity index is 1220. The number of carbonyl (C=O) groups excluding carboxylic acids is 1. The molecular weight excluding hydrogens is 411 g/mol. The average Bonchev–Trinajstić information content (AvgIpc) is 3.14. The third-order valence-electron chi connectivity index (χ3n) is 4.71. The second-order valence-corrected chi connectivity index (χ2v) is 8.54. The molecule has 0 aliphatic rings. The van der Waals surface area contributed by atoms with Gasteiger partial charge in [-0.3, -0.25) is 4.79 Å². The predicted molar refractivity (Wildman–Crippen MR) is 109 cm³/mol. The summed E-state index contributed by atoms with van der Waals surface area (Å²) in [5, 5.41) is 11.7. The van der Waals surface area contributed by atoms with Gasteiger partial charge in [0.2, 0.25) is 27.6 Å². The minimum atomic E-state index is -3.90. The number of benzene rings is 2. The zero-order valence-electron chi connectivity index (χ0n) is 16.7. The Hall–Kier alpha value is -3.11. The summed E-state index contributed by atoms with van der Waals surface area (Å²) in [7, 11) is -3.90. The summed E-state index contributed by atoms with van der Waals surface area (Å²) in [6, 6.07) is 7.40. The molecular formula is C20H21FN4O4S. The van der Waals surface area contributed by atoms with Crippen molar-refractivity contribution in [2.75, 3.05) is 5.32 Å². The van der Waals surface area contributed by atoms with Gasteiger partial charge in [0.1, 0.15) is 5.82 Å². The second kappa shape index (κ2) is 8.33. The van der Waals surface area contributed by atoms with E-state index in [0.717, 1.165) is 5.56 Å². The minimum Gasteiger partial charge on any atom is -0.339 e. The molecule has 3 aromatic rings. The lowest BCUT2D eigenvalue weighted by molar-refractivity contribution is -0.116. The lowest BCUT2D eigenvalue weighted by Crippen LogP contribution is -2.16. The van der Waals surface area contributed by atoms with Gasteiger partial charge in [-0.25, -0.2) is 17.9 Å². The van der Waals surface area contributed by atoms with E-state index in [2.05, 4.69) is 15.5 Å². The number of nitrogens with zero attached hydrogens (tertiary/aromatic N) is 2. The maximum atomic E-state index is 13.7. The van der Waals surface area contributed by atoms with Gasteiger partial charge in [0.15, 0.2) is 0 Å². The van der Waals surface area contributed by atoms with Crippen molar-refractivity contribution < 1.29 is 22.1 Å². The van der Waals surface area contributed by atoms with Crippen LogP contribution in [0.25, 0.3) is 11.4 Å². The van der Waals surface area contributed by atoms with Crippen molar-refractivity contribution in [1.82, 2.24) is 10.1 Å². The Kier molecular flexibility index (Phi) is 5.99. The predicted octanol–water partition coefficient (Wildman–Crippen LogP) is 3.02. The van der Waals surface area contributed by atoms with Crippen molar-refractivity contribution in [2.45, 2.75) is 38.5 Å². The van der Waals surface area contributed by atoms with E-state index < -0.39 is 10.0 Å². The highest BCUT2D eigenvalue weighted by molar-refractivity contribution is 7.89. The first-order chi connectivity index (χ1) is 14.0. The molecule has 0 fully saturated rings. The first kappa shape index (κ1) is 21.6. The van der Waals surface area contributed by atoms with Gasteiger partial charge in [0, 0.05) is 24.1 Å². The fourth-order valence-electron chi connectivity index (χ4n) is 2.76. The molecule has 0 radical (unpaired) electrons. The Labute approximate surface area is 173 Å². The number of halogens is 1. The second-order valence-electron chi connectivity index (χ2n) is 6.98. The number of nitrogens with one attached hydrogen (secondary N) is 1. The standard InChI is InChI=1S/C20H21FN4O4S/c1-11-4-5-14(9-16(11)21)20-24-19(29-25-20)7-6-18(26)23-17-10-15(30(22,27)28)8-12(2)13(17)3/h4-5,8-10H,6-7H2,1-3H3,(H,23,26)(H2,22,27,28). The van der Waals surface area contributed by atoms with Crippen LogP contribution in [0.4, 0.5) is 10.1 Å². The molecule has 0 atom stereocenters. The molecule has 0 bridgehead atoms. The quantitative estimate of drug-likeness (QED) is 0.616. The van der Waals surface area contributed by atoms with Crippen molar-refractivity contribution in [1.29, 1.82) is 0 Å². The molecule has 1 amide bonds. The molecule has 1 aromatic heterocycles. The fourth-order valence-corrected chi connectivity index (χ4v) is 3.38. The highest BCUT2D eigenvalue weighted by atomic mass is 32.2. The number of nitrogens with two attached hydrogens (primary N) is 1. The fraction of sp³-hybridized carbons (Fsp3) is 0.250. The molecule has 158 valence electrons. The number of aromatic nitrogens is 2. The van der Waals surface area contributed by atoms with E-state index in [-0.39, 0.29) is 41.2 Å². The van der Waals surface area contributed by atoms with E-state index in [4.69, 9.17) is 9.66 Å². The molecule has 10 heteroatoms. The van der Waals surface area contributed by atoms with E-state index in [1.54, 1.807) is 32.9 Å². The summed E-state index contributed by atoms with van der Waals surface area (Å²) in [6.07, 6.45) is 0.196. The highest BCUT2D eigenvalue weighted by Crippen LogP contribution is 2.24. The van der Waals surface area contributed by atoms with Crippen LogP contribution in [0.5, 0.6) is 0 Å². The summed E-state index contributed by atoms with van der Waals surface area (Å²) < 4.78 is 42.1. The van der Waals surface area contributed by atoms with Crippen LogP contribution >= 0.6 is 0 Å². The first-order valence-corrected chi connectivity index (χ1v) is 10.6. The molecule has 8 nitrogen and oxygen atoms in total. The van der Waals surface area contributed by atoms with Crippen LogP contribution in [-0.2, 0) is 21.2 Å². The van der Waals surface area contributed by atoms with Gasteiger partial charge in [0.05, 0.1) is 4.90 Å². The van der Waals surface area contributed by atoms with Gasteiger partial charge in [-0.1, -0.05) is 17.3 Å². The summed E-state index contributed by atoms with van der Waals surface area (Å²) in [5.74, 6) is -0.264. The largest absolute Gasteiger partial charge is 0.339 e. The summed E-state index contributed by atoms with van der Waals surface area (Å²) in [4.78, 5) is 16.4. The SMILES string of the molecule is Cc1ccc(-c2noc(CCC(=O)Nc3cc(S(N)(=O)=O)cc(C)c3C)n2)cc1F. The van der Waals surface area contributed by atoms with Crippen LogP contribution in [-0.4, -0.2) is 24.5 Å². The number of rotatable bonds is 6. The third-order valence-corrected chi connectivity index (χ3v) is 5.60. The lowest BCUT2D eigenvalue weighted by atomic mass is 10.1. The van der Waals surface area contributed by atoms with Crippen molar-refractivity contribution in [3.63, 3.8) is 0 Å². The van der Waals surface area contributed by atoms with E-state index >= 15 is 0 Å².